The minimum Gasteiger partial charge on any atom is -0.497 e. The summed E-state index contributed by atoms with van der Waals surface area (Å²) in [6.45, 7) is 4.66. The zero-order chi connectivity index (χ0) is 17.8. The van der Waals surface area contributed by atoms with Gasteiger partial charge in [-0.15, -0.1) is 0 Å². The molecular weight excluding hydrogens is 312 g/mol. The van der Waals surface area contributed by atoms with Crippen molar-refractivity contribution in [3.63, 3.8) is 0 Å². The van der Waals surface area contributed by atoms with Crippen molar-refractivity contribution in [2.24, 2.45) is 0 Å². The number of fused-ring (bicyclic) bond motifs is 1. The summed E-state index contributed by atoms with van der Waals surface area (Å²) >= 11 is 0. The lowest BCUT2D eigenvalue weighted by molar-refractivity contribution is -0.121. The van der Waals surface area contributed by atoms with Crippen molar-refractivity contribution in [1.82, 2.24) is 10.3 Å². The highest BCUT2D eigenvalue weighted by molar-refractivity contribution is 5.81. The number of methoxy groups -OCH3 is 1. The summed E-state index contributed by atoms with van der Waals surface area (Å²) < 4.78 is 5.17. The van der Waals surface area contributed by atoms with Crippen LogP contribution < -0.4 is 10.1 Å². The number of rotatable bonds is 6. The molecule has 130 valence electrons. The van der Waals surface area contributed by atoms with E-state index < -0.39 is 0 Å². The smallest absolute Gasteiger partial charge is 0.220 e. The van der Waals surface area contributed by atoms with Crippen LogP contribution in [0.1, 0.15) is 36.1 Å². The van der Waals surface area contributed by atoms with Crippen LogP contribution in [0.3, 0.4) is 0 Å². The molecule has 0 bridgehead atoms. The lowest BCUT2D eigenvalue weighted by Gasteiger charge is -2.13. The quantitative estimate of drug-likeness (QED) is 0.705. The van der Waals surface area contributed by atoms with Crippen LogP contribution in [-0.2, 0) is 11.3 Å². The van der Waals surface area contributed by atoms with Gasteiger partial charge in [-0.25, -0.2) is 0 Å². The second-order valence-electron chi connectivity index (χ2n) is 6.53. The molecule has 1 unspecified atom stereocenters. The Kier molecular flexibility index (Phi) is 5.08. The average Bonchev–Trinajstić information content (AvgIpc) is 2.99. The standard InChI is InChI=1S/C21H24N2O2/c1-14(17-5-7-19(25-3)8-6-17)10-21(24)22-13-16-4-9-20-18(12-16)11-15(2)23-20/h4-9,11-12,14,23H,10,13H2,1-3H3,(H,22,24). The Morgan fingerprint density at radius 3 is 2.64 bits per heavy atom. The zero-order valence-corrected chi connectivity index (χ0v) is 14.9. The van der Waals surface area contributed by atoms with Crippen molar-refractivity contribution < 1.29 is 9.53 Å². The van der Waals surface area contributed by atoms with E-state index in [1.54, 1.807) is 7.11 Å². The van der Waals surface area contributed by atoms with Gasteiger partial charge in [0.05, 0.1) is 7.11 Å². The van der Waals surface area contributed by atoms with Crippen LogP contribution in [0.2, 0.25) is 0 Å². The van der Waals surface area contributed by atoms with Gasteiger partial charge in [-0.1, -0.05) is 25.1 Å². The number of hydrogen-bond donors (Lipinski definition) is 2. The van der Waals surface area contributed by atoms with Crippen LogP contribution in [0.15, 0.2) is 48.5 Å². The number of hydrogen-bond acceptors (Lipinski definition) is 2. The fourth-order valence-corrected chi connectivity index (χ4v) is 3.04. The zero-order valence-electron chi connectivity index (χ0n) is 14.9. The molecule has 25 heavy (non-hydrogen) atoms. The summed E-state index contributed by atoms with van der Waals surface area (Å²) in [4.78, 5) is 15.6. The summed E-state index contributed by atoms with van der Waals surface area (Å²) in [5.41, 5.74) is 4.52. The highest BCUT2D eigenvalue weighted by Crippen LogP contribution is 2.22. The maximum Gasteiger partial charge on any atom is 0.220 e. The van der Waals surface area contributed by atoms with E-state index in [0.29, 0.717) is 13.0 Å². The summed E-state index contributed by atoms with van der Waals surface area (Å²) in [5.74, 6) is 1.06. The number of benzene rings is 2. The fraction of sp³-hybridized carbons (Fsp3) is 0.286. The highest BCUT2D eigenvalue weighted by atomic mass is 16.5. The van der Waals surface area contributed by atoms with Crippen molar-refractivity contribution >= 4 is 16.8 Å². The molecule has 1 heterocycles. The first-order valence-corrected chi connectivity index (χ1v) is 8.54. The van der Waals surface area contributed by atoms with E-state index in [0.717, 1.165) is 28.1 Å². The average molecular weight is 336 g/mol. The van der Waals surface area contributed by atoms with Crippen molar-refractivity contribution in [2.75, 3.05) is 7.11 Å². The van der Waals surface area contributed by atoms with E-state index in [4.69, 9.17) is 4.74 Å². The predicted octanol–water partition coefficient (Wildman–Crippen LogP) is 4.29. The van der Waals surface area contributed by atoms with E-state index in [1.807, 2.05) is 37.3 Å². The first-order chi connectivity index (χ1) is 12.0. The molecule has 4 nitrogen and oxygen atoms in total. The number of aromatic amines is 1. The molecule has 0 fully saturated rings. The Balaban J connectivity index is 1.55. The molecule has 0 aliphatic rings. The van der Waals surface area contributed by atoms with Gasteiger partial charge in [-0.2, -0.15) is 0 Å². The molecule has 0 saturated carbocycles. The number of aryl methyl sites for hydroxylation is 1. The first kappa shape index (κ1) is 17.1. The Bertz CT molecular complexity index is 865. The number of aromatic nitrogens is 1. The number of carbonyl (C=O) groups is 1. The fourth-order valence-electron chi connectivity index (χ4n) is 3.04. The summed E-state index contributed by atoms with van der Waals surface area (Å²) in [5, 5.41) is 4.20. The van der Waals surface area contributed by atoms with E-state index in [1.165, 1.54) is 5.39 Å². The molecule has 0 spiro atoms. The molecule has 0 saturated heterocycles. The molecule has 0 aliphatic heterocycles. The molecule has 0 aliphatic carbocycles. The van der Waals surface area contributed by atoms with Gasteiger partial charge in [-0.3, -0.25) is 4.79 Å². The Labute approximate surface area is 148 Å². The topological polar surface area (TPSA) is 54.1 Å². The summed E-state index contributed by atoms with van der Waals surface area (Å²) in [6.07, 6.45) is 0.470. The monoisotopic (exact) mass is 336 g/mol. The van der Waals surface area contributed by atoms with E-state index >= 15 is 0 Å². The minimum absolute atomic E-state index is 0.0636. The van der Waals surface area contributed by atoms with Crippen LogP contribution in [-0.4, -0.2) is 18.0 Å². The van der Waals surface area contributed by atoms with Gasteiger partial charge in [0.2, 0.25) is 5.91 Å². The molecule has 2 N–H and O–H groups in total. The minimum atomic E-state index is 0.0636. The second-order valence-corrected chi connectivity index (χ2v) is 6.53. The maximum atomic E-state index is 12.2. The third kappa shape index (κ3) is 4.21. The van der Waals surface area contributed by atoms with Gasteiger partial charge >= 0.3 is 0 Å². The first-order valence-electron chi connectivity index (χ1n) is 8.54. The van der Waals surface area contributed by atoms with Gasteiger partial charge in [0.1, 0.15) is 5.75 Å². The Morgan fingerprint density at radius 1 is 1.16 bits per heavy atom. The van der Waals surface area contributed by atoms with Crippen molar-refractivity contribution in [2.45, 2.75) is 32.7 Å². The van der Waals surface area contributed by atoms with Crippen LogP contribution in [0, 0.1) is 6.92 Å². The molecule has 2 aromatic carbocycles. The Morgan fingerprint density at radius 2 is 1.92 bits per heavy atom. The molecule has 3 aromatic rings. The van der Waals surface area contributed by atoms with Gasteiger partial charge in [0, 0.05) is 24.2 Å². The van der Waals surface area contributed by atoms with Crippen molar-refractivity contribution in [3.05, 3.63) is 65.4 Å². The van der Waals surface area contributed by atoms with Crippen LogP contribution in [0.25, 0.3) is 10.9 Å². The van der Waals surface area contributed by atoms with E-state index in [9.17, 15) is 4.79 Å². The van der Waals surface area contributed by atoms with Gasteiger partial charge in [0.15, 0.2) is 0 Å². The summed E-state index contributed by atoms with van der Waals surface area (Å²) in [6, 6.07) is 16.2. The largest absolute Gasteiger partial charge is 0.497 e. The number of nitrogens with one attached hydrogen (secondary N) is 2. The van der Waals surface area contributed by atoms with Crippen LogP contribution >= 0.6 is 0 Å². The lowest BCUT2D eigenvalue weighted by atomic mass is 9.97. The number of carbonyl (C=O) groups excluding carboxylic acids is 1. The lowest BCUT2D eigenvalue weighted by Crippen LogP contribution is -2.24. The van der Waals surface area contributed by atoms with Gasteiger partial charge in [-0.05, 0) is 59.7 Å². The van der Waals surface area contributed by atoms with Crippen molar-refractivity contribution in [1.29, 1.82) is 0 Å². The van der Waals surface area contributed by atoms with Crippen LogP contribution in [0.4, 0.5) is 0 Å². The molecule has 4 heteroatoms. The SMILES string of the molecule is COc1ccc(C(C)CC(=O)NCc2ccc3[nH]c(C)cc3c2)cc1. The summed E-state index contributed by atoms with van der Waals surface area (Å²) in [7, 11) is 1.65. The van der Waals surface area contributed by atoms with Gasteiger partial charge < -0.3 is 15.0 Å². The molecular formula is C21H24N2O2. The molecule has 3 rings (SSSR count). The molecule has 1 aromatic heterocycles. The number of amides is 1. The van der Waals surface area contributed by atoms with Crippen LogP contribution in [0.5, 0.6) is 5.75 Å². The highest BCUT2D eigenvalue weighted by Gasteiger charge is 2.11. The second kappa shape index (κ2) is 7.43. The number of H-pyrrole nitrogens is 1. The molecule has 0 radical (unpaired) electrons. The maximum absolute atomic E-state index is 12.2. The molecule has 1 amide bonds. The third-order valence-electron chi connectivity index (χ3n) is 4.49. The number of ether oxygens (including phenoxy) is 1. The molecule has 1 atom stereocenters. The Hall–Kier alpha value is -2.75. The normalized spacial score (nSPS) is 12.1. The van der Waals surface area contributed by atoms with E-state index in [-0.39, 0.29) is 11.8 Å². The van der Waals surface area contributed by atoms with E-state index in [2.05, 4.69) is 35.4 Å². The predicted molar refractivity (Wildman–Crippen MR) is 101 cm³/mol. The third-order valence-corrected chi connectivity index (χ3v) is 4.49. The van der Waals surface area contributed by atoms with Gasteiger partial charge in [0.25, 0.3) is 0 Å². The van der Waals surface area contributed by atoms with Crippen molar-refractivity contribution in [3.8, 4) is 5.75 Å².